The molecule has 1 aliphatic rings. The van der Waals surface area contributed by atoms with Crippen LogP contribution in [-0.2, 0) is 0 Å². The fourth-order valence-electron chi connectivity index (χ4n) is 3.09. The second kappa shape index (κ2) is 6.79. The van der Waals surface area contributed by atoms with Crippen LogP contribution in [0.3, 0.4) is 0 Å². The predicted molar refractivity (Wildman–Crippen MR) is 86.4 cm³/mol. The molecule has 3 heteroatoms. The maximum atomic E-state index is 5.26. The van der Waals surface area contributed by atoms with E-state index < -0.39 is 0 Å². The number of nitrogens with one attached hydrogen (secondary N) is 1. The zero-order valence-corrected chi connectivity index (χ0v) is 12.8. The number of oxazole rings is 1. The number of benzene rings is 1. The van der Waals surface area contributed by atoms with Crippen molar-refractivity contribution in [2.45, 2.75) is 45.4 Å². The van der Waals surface area contributed by atoms with Crippen molar-refractivity contribution in [1.29, 1.82) is 0 Å². The molecule has 0 saturated heterocycles. The summed E-state index contributed by atoms with van der Waals surface area (Å²) in [7, 11) is 0. The molecule has 2 aromatic rings. The molecule has 0 spiro atoms. The molecule has 0 aliphatic heterocycles. The molecule has 21 heavy (non-hydrogen) atoms. The first-order chi connectivity index (χ1) is 10.3. The van der Waals surface area contributed by atoms with Gasteiger partial charge in [-0.05, 0) is 30.9 Å². The van der Waals surface area contributed by atoms with Crippen molar-refractivity contribution in [2.24, 2.45) is 5.92 Å². The highest BCUT2D eigenvalue weighted by molar-refractivity contribution is 5.61. The van der Waals surface area contributed by atoms with Crippen LogP contribution in [0.5, 0.6) is 0 Å². The van der Waals surface area contributed by atoms with Crippen molar-refractivity contribution < 1.29 is 4.42 Å². The maximum absolute atomic E-state index is 5.26. The molecule has 1 aliphatic carbocycles. The number of rotatable bonds is 4. The highest BCUT2D eigenvalue weighted by Gasteiger charge is 2.11. The van der Waals surface area contributed by atoms with Gasteiger partial charge in [0.2, 0.25) is 0 Å². The highest BCUT2D eigenvalue weighted by Crippen LogP contribution is 2.24. The van der Waals surface area contributed by atoms with Gasteiger partial charge in [-0.1, -0.05) is 37.8 Å². The van der Waals surface area contributed by atoms with Crippen LogP contribution < -0.4 is 5.32 Å². The number of hydrogen-bond donors (Lipinski definition) is 1. The van der Waals surface area contributed by atoms with Crippen LogP contribution in [0.1, 0.15) is 44.4 Å². The molecule has 1 fully saturated rings. The molecule has 0 amide bonds. The molecule has 1 heterocycles. The van der Waals surface area contributed by atoms with Crippen LogP contribution in [0.25, 0.3) is 11.3 Å². The third kappa shape index (κ3) is 3.87. The Balaban J connectivity index is 1.56. The van der Waals surface area contributed by atoms with Crippen molar-refractivity contribution in [3.8, 4) is 11.3 Å². The largest absolute Gasteiger partial charge is 0.449 e. The zero-order chi connectivity index (χ0) is 14.5. The Morgan fingerprint density at radius 3 is 2.43 bits per heavy atom. The van der Waals surface area contributed by atoms with Gasteiger partial charge in [0.1, 0.15) is 12.0 Å². The van der Waals surface area contributed by atoms with Gasteiger partial charge in [0, 0.05) is 24.7 Å². The second-order valence-electron chi connectivity index (χ2n) is 6.07. The fraction of sp³-hybridized carbons (Fsp3) is 0.500. The Labute approximate surface area is 126 Å². The molecule has 0 atom stereocenters. The van der Waals surface area contributed by atoms with Crippen molar-refractivity contribution >= 4 is 5.69 Å². The summed E-state index contributed by atoms with van der Waals surface area (Å²) < 4.78 is 5.26. The van der Waals surface area contributed by atoms with Gasteiger partial charge >= 0.3 is 0 Å². The lowest BCUT2D eigenvalue weighted by molar-refractivity contribution is 0.483. The van der Waals surface area contributed by atoms with Gasteiger partial charge in [0.15, 0.2) is 5.89 Å². The summed E-state index contributed by atoms with van der Waals surface area (Å²) in [6.07, 6.45) is 10.1. The lowest BCUT2D eigenvalue weighted by Crippen LogP contribution is -2.13. The third-order valence-corrected chi connectivity index (χ3v) is 4.37. The van der Waals surface area contributed by atoms with Crippen LogP contribution in [0.2, 0.25) is 0 Å². The standard InChI is InChI=1S/C18H24N2O/c1-14-20-18(13-21-14)16-8-10-17(11-9-16)19-12-15-6-4-2-3-5-7-15/h8-11,13,15,19H,2-7,12H2,1H3. The molecule has 0 bridgehead atoms. The normalized spacial score (nSPS) is 16.6. The van der Waals surface area contributed by atoms with E-state index in [-0.39, 0.29) is 0 Å². The monoisotopic (exact) mass is 284 g/mol. The minimum absolute atomic E-state index is 0.709. The first-order valence-electron chi connectivity index (χ1n) is 8.08. The minimum Gasteiger partial charge on any atom is -0.449 e. The van der Waals surface area contributed by atoms with E-state index >= 15 is 0 Å². The topological polar surface area (TPSA) is 38.1 Å². The Kier molecular flexibility index (Phi) is 4.59. The number of nitrogens with zero attached hydrogens (tertiary/aromatic N) is 1. The lowest BCUT2D eigenvalue weighted by atomic mass is 10.0. The van der Waals surface area contributed by atoms with E-state index in [1.165, 1.54) is 44.2 Å². The molecule has 112 valence electrons. The minimum atomic E-state index is 0.709. The summed E-state index contributed by atoms with van der Waals surface area (Å²) in [6, 6.07) is 8.48. The first-order valence-corrected chi connectivity index (χ1v) is 8.08. The van der Waals surface area contributed by atoms with E-state index in [0.717, 1.165) is 23.7 Å². The molecule has 1 saturated carbocycles. The second-order valence-corrected chi connectivity index (χ2v) is 6.07. The summed E-state index contributed by atoms with van der Waals surface area (Å²) in [5.41, 5.74) is 3.21. The number of aryl methyl sites for hydroxylation is 1. The quantitative estimate of drug-likeness (QED) is 0.800. The van der Waals surface area contributed by atoms with Gasteiger partial charge in [-0.25, -0.2) is 4.98 Å². The van der Waals surface area contributed by atoms with Crippen LogP contribution in [0.15, 0.2) is 34.9 Å². The maximum Gasteiger partial charge on any atom is 0.191 e. The molecule has 0 radical (unpaired) electrons. The van der Waals surface area contributed by atoms with E-state index in [2.05, 4.69) is 34.6 Å². The summed E-state index contributed by atoms with van der Waals surface area (Å²) in [5.74, 6) is 1.55. The average molecular weight is 284 g/mol. The lowest BCUT2D eigenvalue weighted by Gasteiger charge is -2.15. The SMILES string of the molecule is Cc1nc(-c2ccc(NCC3CCCCCC3)cc2)co1. The van der Waals surface area contributed by atoms with E-state index in [1.54, 1.807) is 6.26 Å². The molecule has 3 nitrogen and oxygen atoms in total. The highest BCUT2D eigenvalue weighted by atomic mass is 16.3. The summed E-state index contributed by atoms with van der Waals surface area (Å²) in [6.45, 7) is 2.97. The molecule has 1 aromatic heterocycles. The Morgan fingerprint density at radius 2 is 1.81 bits per heavy atom. The van der Waals surface area contributed by atoms with Gasteiger partial charge < -0.3 is 9.73 Å². The number of anilines is 1. The Hall–Kier alpha value is -1.77. The summed E-state index contributed by atoms with van der Waals surface area (Å²) in [5, 5.41) is 3.58. The molecule has 3 rings (SSSR count). The predicted octanol–water partition coefficient (Wildman–Crippen LogP) is 5.03. The van der Waals surface area contributed by atoms with Gasteiger partial charge in [-0.15, -0.1) is 0 Å². The average Bonchev–Trinajstić information content (AvgIpc) is 2.78. The number of hydrogen-bond acceptors (Lipinski definition) is 3. The van der Waals surface area contributed by atoms with Gasteiger partial charge in [0.05, 0.1) is 0 Å². The summed E-state index contributed by atoms with van der Waals surface area (Å²) >= 11 is 0. The van der Waals surface area contributed by atoms with Crippen LogP contribution in [0, 0.1) is 12.8 Å². The zero-order valence-electron chi connectivity index (χ0n) is 12.8. The van der Waals surface area contributed by atoms with Crippen molar-refractivity contribution in [1.82, 2.24) is 4.98 Å². The Bertz CT molecular complexity index is 551. The van der Waals surface area contributed by atoms with Crippen molar-refractivity contribution in [3.63, 3.8) is 0 Å². The molecular formula is C18H24N2O. The van der Waals surface area contributed by atoms with Crippen LogP contribution >= 0.6 is 0 Å². The van der Waals surface area contributed by atoms with E-state index in [0.29, 0.717) is 5.89 Å². The number of aromatic nitrogens is 1. The molecule has 0 unspecified atom stereocenters. The van der Waals surface area contributed by atoms with E-state index in [9.17, 15) is 0 Å². The van der Waals surface area contributed by atoms with Gasteiger partial charge in [0.25, 0.3) is 0 Å². The van der Waals surface area contributed by atoms with Crippen LogP contribution in [0.4, 0.5) is 5.69 Å². The first kappa shape index (κ1) is 14.2. The molecule has 1 aromatic carbocycles. The van der Waals surface area contributed by atoms with Crippen LogP contribution in [-0.4, -0.2) is 11.5 Å². The van der Waals surface area contributed by atoms with E-state index in [4.69, 9.17) is 4.42 Å². The fourth-order valence-corrected chi connectivity index (χ4v) is 3.09. The van der Waals surface area contributed by atoms with Gasteiger partial charge in [-0.3, -0.25) is 0 Å². The Morgan fingerprint density at radius 1 is 1.10 bits per heavy atom. The van der Waals surface area contributed by atoms with E-state index in [1.807, 2.05) is 6.92 Å². The van der Waals surface area contributed by atoms with Crippen molar-refractivity contribution in [2.75, 3.05) is 11.9 Å². The smallest absolute Gasteiger partial charge is 0.191 e. The molecular weight excluding hydrogens is 260 g/mol. The third-order valence-electron chi connectivity index (χ3n) is 4.37. The van der Waals surface area contributed by atoms with Gasteiger partial charge in [-0.2, -0.15) is 0 Å². The van der Waals surface area contributed by atoms with Crippen molar-refractivity contribution in [3.05, 3.63) is 36.4 Å². The molecule has 1 N–H and O–H groups in total. The summed E-state index contributed by atoms with van der Waals surface area (Å²) in [4.78, 5) is 4.35.